The number of nitrogens with one attached hydrogen (secondary N) is 1. The molecule has 0 aliphatic carbocycles. The summed E-state index contributed by atoms with van der Waals surface area (Å²) in [4.78, 5) is 24.5. The highest BCUT2D eigenvalue weighted by Gasteiger charge is 2.29. The molecule has 2 N–H and O–H groups in total. The fourth-order valence-electron chi connectivity index (χ4n) is 2.29. The summed E-state index contributed by atoms with van der Waals surface area (Å²) in [7, 11) is 0. The lowest BCUT2D eigenvalue weighted by Crippen LogP contribution is -2.54. The van der Waals surface area contributed by atoms with Crippen LogP contribution in [0, 0.1) is 0 Å². The quantitative estimate of drug-likeness (QED) is 0.794. The van der Waals surface area contributed by atoms with Crippen LogP contribution in [0.5, 0.6) is 0 Å². The lowest BCUT2D eigenvalue weighted by atomic mass is 10.0. The van der Waals surface area contributed by atoms with E-state index in [1.54, 1.807) is 18.7 Å². The zero-order valence-electron chi connectivity index (χ0n) is 11.9. The fourth-order valence-corrected chi connectivity index (χ4v) is 2.29. The first-order chi connectivity index (χ1) is 8.84. The smallest absolute Gasteiger partial charge is 0.317 e. The highest BCUT2D eigenvalue weighted by Crippen LogP contribution is 2.15. The van der Waals surface area contributed by atoms with E-state index in [1.807, 2.05) is 6.92 Å². The topological polar surface area (TPSA) is 78.9 Å². The highest BCUT2D eigenvalue weighted by molar-refractivity contribution is 5.76. The minimum Gasteiger partial charge on any atom is -0.481 e. The SMILES string of the molecule is CCOC1CCCN(C(=O)NC(C)(C)CC(=O)O)C1. The van der Waals surface area contributed by atoms with Crippen LogP contribution in [0.3, 0.4) is 0 Å². The number of piperidine rings is 1. The van der Waals surface area contributed by atoms with Crippen LogP contribution in [-0.2, 0) is 9.53 Å². The Hall–Kier alpha value is -1.30. The minimum absolute atomic E-state index is 0.0899. The number of aliphatic carboxylic acids is 1. The summed E-state index contributed by atoms with van der Waals surface area (Å²) in [6.45, 7) is 7.27. The minimum atomic E-state index is -0.920. The van der Waals surface area contributed by atoms with Crippen LogP contribution in [0.2, 0.25) is 0 Å². The number of hydrogen-bond acceptors (Lipinski definition) is 3. The zero-order chi connectivity index (χ0) is 14.5. The first-order valence-corrected chi connectivity index (χ1v) is 6.74. The molecule has 6 heteroatoms. The maximum atomic E-state index is 12.1. The molecule has 0 bridgehead atoms. The second kappa shape index (κ2) is 6.75. The van der Waals surface area contributed by atoms with E-state index in [9.17, 15) is 9.59 Å². The summed E-state index contributed by atoms with van der Waals surface area (Å²) in [6.07, 6.45) is 1.88. The zero-order valence-corrected chi connectivity index (χ0v) is 11.9. The molecule has 0 aromatic carbocycles. The Morgan fingerprint density at radius 1 is 1.47 bits per heavy atom. The van der Waals surface area contributed by atoms with E-state index in [0.29, 0.717) is 19.7 Å². The molecular formula is C13H24N2O4. The molecule has 0 radical (unpaired) electrons. The summed E-state index contributed by atoms with van der Waals surface area (Å²) in [5, 5.41) is 11.6. The van der Waals surface area contributed by atoms with E-state index < -0.39 is 11.5 Å². The van der Waals surface area contributed by atoms with Crippen LogP contribution in [0.25, 0.3) is 0 Å². The number of ether oxygens (including phenoxy) is 1. The van der Waals surface area contributed by atoms with Crippen LogP contribution in [-0.4, -0.2) is 53.3 Å². The number of nitrogens with zero attached hydrogens (tertiary/aromatic N) is 1. The molecule has 6 nitrogen and oxygen atoms in total. The van der Waals surface area contributed by atoms with Gasteiger partial charge in [0.1, 0.15) is 0 Å². The normalized spacial score (nSPS) is 20.2. The molecule has 1 aliphatic heterocycles. The van der Waals surface area contributed by atoms with E-state index in [-0.39, 0.29) is 18.6 Å². The predicted octanol–water partition coefficient (Wildman–Crippen LogP) is 1.45. The van der Waals surface area contributed by atoms with Crippen molar-refractivity contribution in [1.29, 1.82) is 0 Å². The Kier molecular flexibility index (Phi) is 5.60. The number of carboxylic acid groups (broad SMARTS) is 1. The van der Waals surface area contributed by atoms with Gasteiger partial charge in [-0.15, -0.1) is 0 Å². The number of amides is 2. The van der Waals surface area contributed by atoms with Crippen LogP contribution >= 0.6 is 0 Å². The largest absolute Gasteiger partial charge is 0.481 e. The molecule has 19 heavy (non-hydrogen) atoms. The molecular weight excluding hydrogens is 248 g/mol. The van der Waals surface area contributed by atoms with Crippen molar-refractivity contribution in [2.45, 2.75) is 51.7 Å². The van der Waals surface area contributed by atoms with Gasteiger partial charge in [-0.1, -0.05) is 0 Å². The molecule has 1 saturated heterocycles. The van der Waals surface area contributed by atoms with E-state index in [2.05, 4.69) is 5.32 Å². The number of carbonyl (C=O) groups excluding carboxylic acids is 1. The van der Waals surface area contributed by atoms with Crippen molar-refractivity contribution in [3.63, 3.8) is 0 Å². The second-order valence-electron chi connectivity index (χ2n) is 5.55. The van der Waals surface area contributed by atoms with Gasteiger partial charge in [0.2, 0.25) is 0 Å². The standard InChI is InChI=1S/C13H24N2O4/c1-4-19-10-6-5-7-15(9-10)12(18)14-13(2,3)8-11(16)17/h10H,4-9H2,1-3H3,(H,14,18)(H,16,17). The number of likely N-dealkylation sites (tertiary alicyclic amines) is 1. The average Bonchev–Trinajstić information content (AvgIpc) is 2.27. The number of rotatable bonds is 5. The van der Waals surface area contributed by atoms with Crippen molar-refractivity contribution < 1.29 is 19.4 Å². The molecule has 0 saturated carbocycles. The summed E-state index contributed by atoms with van der Waals surface area (Å²) in [6, 6.07) is -0.212. The van der Waals surface area contributed by atoms with Gasteiger partial charge in [-0.25, -0.2) is 4.79 Å². The summed E-state index contributed by atoms with van der Waals surface area (Å²) < 4.78 is 5.54. The first-order valence-electron chi connectivity index (χ1n) is 6.74. The summed E-state index contributed by atoms with van der Waals surface area (Å²) in [5.74, 6) is -0.920. The third kappa shape index (κ3) is 5.46. The van der Waals surface area contributed by atoms with E-state index in [0.717, 1.165) is 12.8 Å². The van der Waals surface area contributed by atoms with Crippen molar-refractivity contribution in [3.8, 4) is 0 Å². The molecule has 2 amide bonds. The van der Waals surface area contributed by atoms with Gasteiger partial charge in [0.15, 0.2) is 0 Å². The number of hydrogen-bond donors (Lipinski definition) is 2. The van der Waals surface area contributed by atoms with Crippen molar-refractivity contribution in [2.24, 2.45) is 0 Å². The van der Waals surface area contributed by atoms with Crippen molar-refractivity contribution >= 4 is 12.0 Å². The maximum absolute atomic E-state index is 12.1. The van der Waals surface area contributed by atoms with E-state index >= 15 is 0 Å². The summed E-state index contributed by atoms with van der Waals surface area (Å²) in [5.41, 5.74) is -0.749. The molecule has 110 valence electrons. The molecule has 1 aliphatic rings. The predicted molar refractivity (Wildman–Crippen MR) is 71.1 cm³/mol. The molecule has 0 aromatic heterocycles. The van der Waals surface area contributed by atoms with Crippen LogP contribution in [0.1, 0.15) is 40.0 Å². The molecule has 0 spiro atoms. The third-order valence-corrected chi connectivity index (χ3v) is 3.11. The molecule has 1 rings (SSSR count). The average molecular weight is 272 g/mol. The van der Waals surface area contributed by atoms with Crippen LogP contribution in [0.4, 0.5) is 4.79 Å². The molecule has 1 fully saturated rings. The number of carbonyl (C=O) groups is 2. The Morgan fingerprint density at radius 2 is 2.16 bits per heavy atom. The maximum Gasteiger partial charge on any atom is 0.317 e. The van der Waals surface area contributed by atoms with Crippen LogP contribution < -0.4 is 5.32 Å². The van der Waals surface area contributed by atoms with Gasteiger partial charge < -0.3 is 20.1 Å². The van der Waals surface area contributed by atoms with Crippen molar-refractivity contribution in [2.75, 3.05) is 19.7 Å². The fraction of sp³-hybridized carbons (Fsp3) is 0.846. The van der Waals surface area contributed by atoms with Crippen molar-refractivity contribution in [3.05, 3.63) is 0 Å². The Morgan fingerprint density at radius 3 is 2.74 bits per heavy atom. The summed E-state index contributed by atoms with van der Waals surface area (Å²) >= 11 is 0. The third-order valence-electron chi connectivity index (χ3n) is 3.11. The highest BCUT2D eigenvalue weighted by atomic mass is 16.5. The Bertz CT molecular complexity index is 329. The van der Waals surface area contributed by atoms with Crippen LogP contribution in [0.15, 0.2) is 0 Å². The van der Waals surface area contributed by atoms with Crippen molar-refractivity contribution in [1.82, 2.24) is 10.2 Å². The Labute approximate surface area is 114 Å². The molecule has 0 aromatic rings. The second-order valence-corrected chi connectivity index (χ2v) is 5.55. The van der Waals surface area contributed by atoms with Gasteiger partial charge >= 0.3 is 12.0 Å². The van der Waals surface area contributed by atoms with Gasteiger partial charge in [-0.05, 0) is 33.6 Å². The number of urea groups is 1. The number of carboxylic acids is 1. The van der Waals surface area contributed by atoms with Gasteiger partial charge in [0, 0.05) is 25.2 Å². The lowest BCUT2D eigenvalue weighted by molar-refractivity contribution is -0.138. The van der Waals surface area contributed by atoms with Gasteiger partial charge in [0.05, 0.1) is 12.5 Å². The lowest BCUT2D eigenvalue weighted by Gasteiger charge is -2.35. The van der Waals surface area contributed by atoms with E-state index in [1.165, 1.54) is 0 Å². The van der Waals surface area contributed by atoms with Gasteiger partial charge in [-0.2, -0.15) is 0 Å². The van der Waals surface area contributed by atoms with Gasteiger partial charge in [0.25, 0.3) is 0 Å². The molecule has 1 unspecified atom stereocenters. The van der Waals surface area contributed by atoms with Gasteiger partial charge in [-0.3, -0.25) is 4.79 Å². The molecule has 1 atom stereocenters. The monoisotopic (exact) mass is 272 g/mol. The first kappa shape index (κ1) is 15.8. The Balaban J connectivity index is 2.50. The van der Waals surface area contributed by atoms with E-state index in [4.69, 9.17) is 9.84 Å². The molecule has 1 heterocycles.